The molecule has 0 aliphatic carbocycles. The number of rotatable bonds is 6. The first-order valence-corrected chi connectivity index (χ1v) is 9.57. The van der Waals surface area contributed by atoms with Crippen molar-refractivity contribution in [2.75, 3.05) is 25.0 Å². The average molecular weight is 383 g/mol. The zero-order valence-corrected chi connectivity index (χ0v) is 16.3. The molecule has 2 heterocycles. The van der Waals surface area contributed by atoms with Gasteiger partial charge in [-0.15, -0.1) is 0 Å². The molecule has 0 spiro atoms. The normalized spacial score (nSPS) is 16.5. The molecule has 1 saturated heterocycles. The fraction of sp³-hybridized carbons (Fsp3) is 0.381. The predicted molar refractivity (Wildman–Crippen MR) is 111 cm³/mol. The van der Waals surface area contributed by atoms with Gasteiger partial charge in [-0.25, -0.2) is 0 Å². The van der Waals surface area contributed by atoms with E-state index in [1.54, 1.807) is 24.2 Å². The van der Waals surface area contributed by atoms with Crippen molar-refractivity contribution in [1.82, 2.24) is 15.2 Å². The van der Waals surface area contributed by atoms with Crippen molar-refractivity contribution >= 4 is 17.5 Å². The van der Waals surface area contributed by atoms with Crippen molar-refractivity contribution in [1.29, 1.82) is 0 Å². The number of nitrogens with one attached hydrogen (secondary N) is 2. The lowest BCUT2D eigenvalue weighted by Gasteiger charge is -2.25. The number of amides is 2. The van der Waals surface area contributed by atoms with Crippen LogP contribution in [-0.2, 0) is 9.59 Å². The Bertz CT molecular complexity index is 683. The minimum absolute atomic E-state index is 0.108. The van der Waals surface area contributed by atoms with Gasteiger partial charge in [0.25, 0.3) is 0 Å². The number of hydrogen-bond acceptors (Lipinski definition) is 5. The molecule has 4 N–H and O–H groups in total. The number of likely N-dealkylation sites (tertiary alicyclic amines) is 1. The largest absolute Gasteiger partial charge is 0.383 e. The molecule has 150 valence electrons. The van der Waals surface area contributed by atoms with Crippen LogP contribution < -0.4 is 16.4 Å². The van der Waals surface area contributed by atoms with Crippen molar-refractivity contribution in [2.45, 2.75) is 31.8 Å². The molecule has 28 heavy (non-hydrogen) atoms. The third-order valence-electron chi connectivity index (χ3n) is 4.33. The first-order chi connectivity index (χ1) is 13.6. The van der Waals surface area contributed by atoms with Crippen molar-refractivity contribution in [3.05, 3.63) is 60.9 Å². The Morgan fingerprint density at radius 2 is 1.75 bits per heavy atom. The van der Waals surface area contributed by atoms with Crippen LogP contribution in [0, 0.1) is 0 Å². The number of benzene rings is 1. The highest BCUT2D eigenvalue weighted by Crippen LogP contribution is 2.18. The lowest BCUT2D eigenvalue weighted by Crippen LogP contribution is -2.50. The molecule has 7 nitrogen and oxygen atoms in total. The van der Waals surface area contributed by atoms with Gasteiger partial charge in [-0.1, -0.05) is 36.4 Å². The monoisotopic (exact) mass is 383 g/mol. The zero-order chi connectivity index (χ0) is 20.2. The second kappa shape index (κ2) is 11.7. The summed E-state index contributed by atoms with van der Waals surface area (Å²) in [5, 5.41) is 6.05. The van der Waals surface area contributed by atoms with E-state index in [9.17, 15) is 9.59 Å². The van der Waals surface area contributed by atoms with Gasteiger partial charge < -0.3 is 21.3 Å². The smallest absolute Gasteiger partial charge is 0.242 e. The number of pyridine rings is 1. The van der Waals surface area contributed by atoms with Crippen LogP contribution in [-0.4, -0.2) is 53.4 Å². The first-order valence-electron chi connectivity index (χ1n) is 9.57. The summed E-state index contributed by atoms with van der Waals surface area (Å²) in [6, 6.07) is 14.8. The maximum atomic E-state index is 12.2. The van der Waals surface area contributed by atoms with Crippen LogP contribution in [0.2, 0.25) is 0 Å². The number of carbonyl (C=O) groups is 2. The quantitative estimate of drug-likeness (QED) is 0.659. The molecule has 2 amide bonds. The van der Waals surface area contributed by atoms with Gasteiger partial charge in [-0.2, -0.15) is 0 Å². The summed E-state index contributed by atoms with van der Waals surface area (Å²) >= 11 is 0. The topological polar surface area (TPSA) is 100 Å². The number of hydrogen-bond donors (Lipinski definition) is 3. The van der Waals surface area contributed by atoms with Crippen LogP contribution in [0.15, 0.2) is 60.9 Å². The van der Waals surface area contributed by atoms with E-state index >= 15 is 0 Å². The number of aromatic nitrogens is 1. The second-order valence-corrected chi connectivity index (χ2v) is 6.59. The fourth-order valence-corrected chi connectivity index (χ4v) is 2.93. The third-order valence-corrected chi connectivity index (χ3v) is 4.33. The molecule has 1 fully saturated rings. The van der Waals surface area contributed by atoms with Crippen LogP contribution in [0.3, 0.4) is 0 Å². The van der Waals surface area contributed by atoms with Crippen LogP contribution in [0.25, 0.3) is 0 Å². The summed E-state index contributed by atoms with van der Waals surface area (Å²) in [5.41, 5.74) is 6.58. The molecule has 1 aromatic carbocycles. The molecule has 1 aliphatic rings. The summed E-state index contributed by atoms with van der Waals surface area (Å²) in [4.78, 5) is 29.7. The highest BCUT2D eigenvalue weighted by atomic mass is 16.2. The van der Waals surface area contributed by atoms with E-state index in [2.05, 4.69) is 15.6 Å². The van der Waals surface area contributed by atoms with Gasteiger partial charge >= 0.3 is 0 Å². The molecule has 0 bridgehead atoms. The van der Waals surface area contributed by atoms with E-state index in [0.717, 1.165) is 12.1 Å². The Balaban J connectivity index is 0.000000397. The molecule has 0 saturated carbocycles. The Hall–Kier alpha value is -2.93. The Morgan fingerprint density at radius 1 is 1.14 bits per heavy atom. The first kappa shape index (κ1) is 21.4. The molecule has 1 aliphatic heterocycles. The Kier molecular flexibility index (Phi) is 8.94. The van der Waals surface area contributed by atoms with Crippen LogP contribution in [0.4, 0.5) is 5.69 Å². The summed E-state index contributed by atoms with van der Waals surface area (Å²) in [7, 11) is 0. The molecule has 2 atom stereocenters. The van der Waals surface area contributed by atoms with E-state index in [4.69, 9.17) is 5.73 Å². The minimum atomic E-state index is -0.568. The minimum Gasteiger partial charge on any atom is -0.383 e. The van der Waals surface area contributed by atoms with Gasteiger partial charge in [0.15, 0.2) is 0 Å². The number of nitrogens with zero attached hydrogens (tertiary/aromatic N) is 2. The number of carbonyl (C=O) groups excluding carboxylic acids is 2. The van der Waals surface area contributed by atoms with Crippen molar-refractivity contribution < 1.29 is 9.59 Å². The summed E-state index contributed by atoms with van der Waals surface area (Å²) in [6.45, 7) is 3.36. The highest BCUT2D eigenvalue weighted by Gasteiger charge is 2.34. The molecule has 3 rings (SSSR count). The highest BCUT2D eigenvalue weighted by molar-refractivity contribution is 5.90. The molecule has 0 unspecified atom stereocenters. The SMILES string of the molecule is C[C@@H](N)C(=O)N1CCC[C@H]1C(=O)NCCNc1ccncc1.c1ccccc1. The Labute approximate surface area is 166 Å². The number of anilines is 1. The van der Waals surface area contributed by atoms with Crippen molar-refractivity contribution in [3.63, 3.8) is 0 Å². The summed E-state index contributed by atoms with van der Waals surface area (Å²) < 4.78 is 0. The third kappa shape index (κ3) is 7.00. The van der Waals surface area contributed by atoms with Gasteiger partial charge in [-0.05, 0) is 31.9 Å². The van der Waals surface area contributed by atoms with Gasteiger partial charge in [-0.3, -0.25) is 14.6 Å². The lowest BCUT2D eigenvalue weighted by molar-refractivity contribution is -0.139. The van der Waals surface area contributed by atoms with Crippen LogP contribution >= 0.6 is 0 Å². The molecule has 0 radical (unpaired) electrons. The van der Waals surface area contributed by atoms with Gasteiger partial charge in [0.2, 0.25) is 11.8 Å². The zero-order valence-electron chi connectivity index (χ0n) is 16.3. The fourth-order valence-electron chi connectivity index (χ4n) is 2.93. The Morgan fingerprint density at radius 3 is 2.32 bits per heavy atom. The second-order valence-electron chi connectivity index (χ2n) is 6.59. The van der Waals surface area contributed by atoms with Crippen LogP contribution in [0.5, 0.6) is 0 Å². The molecule has 2 aromatic rings. The lowest BCUT2D eigenvalue weighted by atomic mass is 10.2. The van der Waals surface area contributed by atoms with E-state index in [1.807, 2.05) is 48.5 Å². The van der Waals surface area contributed by atoms with Crippen molar-refractivity contribution in [3.8, 4) is 0 Å². The maximum Gasteiger partial charge on any atom is 0.242 e. The van der Waals surface area contributed by atoms with Gasteiger partial charge in [0, 0.05) is 37.7 Å². The number of nitrogens with two attached hydrogens (primary N) is 1. The maximum absolute atomic E-state index is 12.2. The molecule has 1 aromatic heterocycles. The molecule has 7 heteroatoms. The average Bonchev–Trinajstić information content (AvgIpc) is 3.23. The van der Waals surface area contributed by atoms with Gasteiger partial charge in [0.1, 0.15) is 6.04 Å². The van der Waals surface area contributed by atoms with Gasteiger partial charge in [0.05, 0.1) is 6.04 Å². The van der Waals surface area contributed by atoms with Crippen molar-refractivity contribution in [2.24, 2.45) is 5.73 Å². The van der Waals surface area contributed by atoms with E-state index in [1.165, 1.54) is 0 Å². The van der Waals surface area contributed by atoms with E-state index < -0.39 is 6.04 Å². The molecular weight excluding hydrogens is 354 g/mol. The predicted octanol–water partition coefficient (Wildman–Crippen LogP) is 1.63. The van der Waals surface area contributed by atoms with Crippen LogP contribution in [0.1, 0.15) is 19.8 Å². The van der Waals surface area contributed by atoms with E-state index in [0.29, 0.717) is 26.1 Å². The summed E-state index contributed by atoms with van der Waals surface area (Å²) in [6.07, 6.45) is 4.95. The van der Waals surface area contributed by atoms with E-state index in [-0.39, 0.29) is 17.9 Å². The standard InChI is InChI=1S/C15H23N5O2.C6H6/c1-11(16)15(22)20-10-2-3-13(20)14(21)19-9-8-18-12-4-6-17-7-5-12;1-2-4-6-5-3-1/h4-7,11,13H,2-3,8-10,16H2,1H3,(H,17,18)(H,19,21);1-6H/t11-,13+;/m1./s1. The summed E-state index contributed by atoms with van der Waals surface area (Å²) in [5.74, 6) is -0.268. The molecular formula is C21H29N5O2.